The maximum absolute atomic E-state index is 13.7. The lowest BCUT2D eigenvalue weighted by Gasteiger charge is -2.44. The first kappa shape index (κ1) is 24.0. The molecular formula is C26H33N3O5. The zero-order chi connectivity index (χ0) is 24.3. The largest absolute Gasteiger partial charge is 0.467 e. The number of ether oxygens (including phenoxy) is 1. The Kier molecular flexibility index (Phi) is 7.07. The zero-order valence-corrected chi connectivity index (χ0v) is 20.1. The van der Waals surface area contributed by atoms with E-state index in [9.17, 15) is 14.4 Å². The van der Waals surface area contributed by atoms with Gasteiger partial charge >= 0.3 is 0 Å². The lowest BCUT2D eigenvalue weighted by Crippen LogP contribution is -2.59. The van der Waals surface area contributed by atoms with Gasteiger partial charge in [-0.2, -0.15) is 0 Å². The maximum atomic E-state index is 13.7. The van der Waals surface area contributed by atoms with Crippen molar-refractivity contribution in [1.29, 1.82) is 0 Å². The molecule has 2 aliphatic rings. The average molecular weight is 468 g/mol. The van der Waals surface area contributed by atoms with Crippen LogP contribution in [0.2, 0.25) is 0 Å². The molecule has 1 N–H and O–H groups in total. The van der Waals surface area contributed by atoms with Gasteiger partial charge in [0.1, 0.15) is 17.5 Å². The summed E-state index contributed by atoms with van der Waals surface area (Å²) in [6.45, 7) is 7.31. The van der Waals surface area contributed by atoms with Crippen molar-refractivity contribution in [3.05, 3.63) is 59.5 Å². The number of hydrogen-bond acceptors (Lipinski definition) is 5. The molecule has 8 nitrogen and oxygen atoms in total. The van der Waals surface area contributed by atoms with Crippen LogP contribution >= 0.6 is 0 Å². The smallest absolute Gasteiger partial charge is 0.256 e. The van der Waals surface area contributed by atoms with Crippen LogP contribution in [0.4, 0.5) is 0 Å². The summed E-state index contributed by atoms with van der Waals surface area (Å²) in [7, 11) is 0. The molecule has 0 unspecified atom stereocenters. The van der Waals surface area contributed by atoms with Gasteiger partial charge in [0.15, 0.2) is 0 Å². The number of nitrogens with zero attached hydrogens (tertiary/aromatic N) is 2. The van der Waals surface area contributed by atoms with Crippen molar-refractivity contribution in [2.45, 2.75) is 58.3 Å². The number of amides is 3. The summed E-state index contributed by atoms with van der Waals surface area (Å²) in [5.74, 6) is 0.518. The molecule has 34 heavy (non-hydrogen) atoms. The van der Waals surface area contributed by atoms with Crippen LogP contribution in [0.25, 0.3) is 0 Å². The Bertz CT molecular complexity index is 1020. The Labute approximate surface area is 200 Å². The fourth-order valence-corrected chi connectivity index (χ4v) is 4.77. The first-order chi connectivity index (χ1) is 16.3. The minimum Gasteiger partial charge on any atom is -0.467 e. The van der Waals surface area contributed by atoms with Gasteiger partial charge in [-0.05, 0) is 37.1 Å². The van der Waals surface area contributed by atoms with Crippen LogP contribution in [-0.4, -0.2) is 59.0 Å². The van der Waals surface area contributed by atoms with E-state index in [-0.39, 0.29) is 36.8 Å². The average Bonchev–Trinajstić information content (AvgIpc) is 3.45. The van der Waals surface area contributed by atoms with Gasteiger partial charge in [0.05, 0.1) is 19.4 Å². The van der Waals surface area contributed by atoms with E-state index in [1.807, 2.05) is 43.9 Å². The molecule has 1 aromatic carbocycles. The monoisotopic (exact) mass is 467 g/mol. The zero-order valence-electron chi connectivity index (χ0n) is 20.1. The van der Waals surface area contributed by atoms with Crippen LogP contribution in [0.15, 0.2) is 47.1 Å². The second-order valence-corrected chi connectivity index (χ2v) is 9.59. The van der Waals surface area contributed by atoms with E-state index in [0.29, 0.717) is 43.7 Å². The predicted molar refractivity (Wildman–Crippen MR) is 126 cm³/mol. The van der Waals surface area contributed by atoms with Crippen LogP contribution in [0.1, 0.15) is 54.8 Å². The number of hydrogen-bond donors (Lipinski definition) is 1. The maximum Gasteiger partial charge on any atom is 0.256 e. The highest BCUT2D eigenvalue weighted by Gasteiger charge is 2.54. The van der Waals surface area contributed by atoms with Crippen molar-refractivity contribution in [2.24, 2.45) is 5.92 Å². The first-order valence-corrected chi connectivity index (χ1v) is 11.9. The van der Waals surface area contributed by atoms with Gasteiger partial charge in [0.25, 0.3) is 5.91 Å². The summed E-state index contributed by atoms with van der Waals surface area (Å²) in [6, 6.07) is 10.1. The summed E-state index contributed by atoms with van der Waals surface area (Å²) in [5, 5.41) is 2.87. The van der Waals surface area contributed by atoms with Crippen LogP contribution in [0, 0.1) is 12.8 Å². The molecule has 1 spiro atoms. The number of carbonyl (C=O) groups is 3. The highest BCUT2D eigenvalue weighted by Crippen LogP contribution is 2.38. The van der Waals surface area contributed by atoms with Crippen molar-refractivity contribution >= 4 is 17.7 Å². The Morgan fingerprint density at radius 2 is 1.91 bits per heavy atom. The topological polar surface area (TPSA) is 92.1 Å². The number of benzene rings is 1. The van der Waals surface area contributed by atoms with Crippen molar-refractivity contribution in [3.8, 4) is 0 Å². The molecular weight excluding hydrogens is 434 g/mol. The van der Waals surface area contributed by atoms with E-state index >= 15 is 0 Å². The van der Waals surface area contributed by atoms with Crippen molar-refractivity contribution < 1.29 is 23.5 Å². The van der Waals surface area contributed by atoms with Gasteiger partial charge < -0.3 is 19.4 Å². The second-order valence-electron chi connectivity index (χ2n) is 9.59. The number of rotatable bonds is 6. The van der Waals surface area contributed by atoms with Crippen molar-refractivity contribution in [3.63, 3.8) is 0 Å². The fourth-order valence-electron chi connectivity index (χ4n) is 4.77. The minimum absolute atomic E-state index is 0.113. The molecule has 0 radical (unpaired) electrons. The van der Waals surface area contributed by atoms with E-state index in [1.54, 1.807) is 29.4 Å². The van der Waals surface area contributed by atoms with E-state index in [4.69, 9.17) is 9.15 Å². The fraction of sp³-hybridized carbons (Fsp3) is 0.500. The number of carbonyl (C=O) groups excluding carboxylic acids is 3. The molecule has 0 bridgehead atoms. The molecule has 4 rings (SSSR count). The van der Waals surface area contributed by atoms with Crippen LogP contribution < -0.4 is 5.32 Å². The summed E-state index contributed by atoms with van der Waals surface area (Å²) >= 11 is 0. The number of nitrogens with one attached hydrogen (secondary N) is 1. The predicted octanol–water partition coefficient (Wildman–Crippen LogP) is 3.11. The number of aryl methyl sites for hydroxylation is 1. The standard InChI is InChI=1S/C26H33N3O5/c1-18(2)14-23(30)28-11-9-26(10-12-28)29(25(32)20-7-4-6-19(3)15-20)22(17-34-26)24(31)27-16-21-8-5-13-33-21/h4-8,13,15,18,22H,9-12,14,16-17H2,1-3H3,(H,27,31)/t22-/m1/s1. The highest BCUT2D eigenvalue weighted by molar-refractivity contribution is 5.98. The van der Waals surface area contributed by atoms with E-state index in [1.165, 1.54) is 0 Å². The van der Waals surface area contributed by atoms with E-state index < -0.39 is 11.8 Å². The molecule has 2 aromatic rings. The van der Waals surface area contributed by atoms with Crippen molar-refractivity contribution in [1.82, 2.24) is 15.1 Å². The van der Waals surface area contributed by atoms with E-state index in [2.05, 4.69) is 5.32 Å². The summed E-state index contributed by atoms with van der Waals surface area (Å²) in [6.07, 6.45) is 2.99. The number of likely N-dealkylation sites (tertiary alicyclic amines) is 1. The Morgan fingerprint density at radius 1 is 1.15 bits per heavy atom. The summed E-state index contributed by atoms with van der Waals surface area (Å²) < 4.78 is 11.5. The molecule has 8 heteroatoms. The van der Waals surface area contributed by atoms with Crippen LogP contribution in [-0.2, 0) is 20.9 Å². The van der Waals surface area contributed by atoms with Crippen LogP contribution in [0.5, 0.6) is 0 Å². The quantitative estimate of drug-likeness (QED) is 0.705. The van der Waals surface area contributed by atoms with Crippen molar-refractivity contribution in [2.75, 3.05) is 19.7 Å². The minimum atomic E-state index is -0.915. The van der Waals surface area contributed by atoms with E-state index in [0.717, 1.165) is 5.56 Å². The second kappa shape index (κ2) is 10.0. The Morgan fingerprint density at radius 3 is 2.56 bits per heavy atom. The molecule has 0 saturated carbocycles. The molecule has 2 aliphatic heterocycles. The first-order valence-electron chi connectivity index (χ1n) is 11.9. The number of furan rings is 1. The third kappa shape index (κ3) is 5.01. The van der Waals surface area contributed by atoms with Crippen LogP contribution in [0.3, 0.4) is 0 Å². The normalized spacial score (nSPS) is 19.6. The van der Waals surface area contributed by atoms with Gasteiger partial charge in [-0.3, -0.25) is 19.3 Å². The Hall–Kier alpha value is -3.13. The molecule has 182 valence electrons. The molecule has 1 aromatic heterocycles. The molecule has 3 amide bonds. The molecule has 3 heterocycles. The van der Waals surface area contributed by atoms with Gasteiger partial charge in [-0.1, -0.05) is 31.5 Å². The molecule has 0 aliphatic carbocycles. The van der Waals surface area contributed by atoms with Gasteiger partial charge in [-0.15, -0.1) is 0 Å². The lowest BCUT2D eigenvalue weighted by atomic mass is 9.95. The third-order valence-corrected chi connectivity index (χ3v) is 6.54. The number of piperidine rings is 1. The third-order valence-electron chi connectivity index (χ3n) is 6.54. The SMILES string of the molecule is Cc1cccc(C(=O)N2[C@@H](C(=O)NCc3ccco3)COC23CCN(C(=O)CC(C)C)CC3)c1. The van der Waals surface area contributed by atoms with Gasteiger partial charge in [-0.25, -0.2) is 0 Å². The lowest BCUT2D eigenvalue weighted by molar-refractivity contribution is -0.144. The van der Waals surface area contributed by atoms with Gasteiger partial charge in [0.2, 0.25) is 11.8 Å². The summed E-state index contributed by atoms with van der Waals surface area (Å²) in [5.41, 5.74) is 0.572. The molecule has 1 atom stereocenters. The summed E-state index contributed by atoms with van der Waals surface area (Å²) in [4.78, 5) is 43.0. The Balaban J connectivity index is 1.55. The van der Waals surface area contributed by atoms with Gasteiger partial charge in [0, 0.05) is 37.9 Å². The molecule has 2 fully saturated rings. The highest BCUT2D eigenvalue weighted by atomic mass is 16.5. The molecule has 2 saturated heterocycles.